The molecule has 0 atom stereocenters. The second-order valence-electron chi connectivity index (χ2n) is 7.31. The number of hydrogen-bond donors (Lipinski definition) is 2. The average Bonchev–Trinajstić information content (AvgIpc) is 3.44. The molecule has 1 aliphatic rings. The predicted octanol–water partition coefficient (Wildman–Crippen LogP) is 1.92. The normalized spacial score (nSPS) is 13.5. The molecule has 9 heteroatoms. The first-order valence-corrected chi connectivity index (χ1v) is 9.61. The van der Waals surface area contributed by atoms with Crippen molar-refractivity contribution in [1.29, 1.82) is 0 Å². The van der Waals surface area contributed by atoms with Crippen LogP contribution in [-0.2, 0) is 6.54 Å². The second-order valence-corrected chi connectivity index (χ2v) is 7.31. The lowest BCUT2D eigenvalue weighted by molar-refractivity contribution is 0.102. The van der Waals surface area contributed by atoms with Crippen LogP contribution < -0.4 is 16.6 Å². The van der Waals surface area contributed by atoms with E-state index in [-0.39, 0.29) is 22.9 Å². The number of benzene rings is 1. The minimum atomic E-state index is -0.544. The van der Waals surface area contributed by atoms with Crippen molar-refractivity contribution in [2.45, 2.75) is 25.4 Å². The van der Waals surface area contributed by atoms with Crippen molar-refractivity contribution < 1.29 is 4.79 Å². The van der Waals surface area contributed by atoms with Gasteiger partial charge in [-0.25, -0.2) is 9.78 Å². The highest BCUT2D eigenvalue weighted by molar-refractivity contribution is 6.05. The molecule has 0 spiro atoms. The van der Waals surface area contributed by atoms with Gasteiger partial charge < -0.3 is 5.32 Å². The van der Waals surface area contributed by atoms with Crippen LogP contribution in [0.15, 0.2) is 64.6 Å². The number of H-pyrrole nitrogens is 1. The van der Waals surface area contributed by atoms with Crippen LogP contribution in [0.25, 0.3) is 11.0 Å². The number of anilines is 1. The molecule has 0 radical (unpaired) electrons. The van der Waals surface area contributed by atoms with E-state index in [1.54, 1.807) is 6.20 Å². The summed E-state index contributed by atoms with van der Waals surface area (Å²) in [5.74, 6) is -0.382. The lowest BCUT2D eigenvalue weighted by Gasteiger charge is -2.09. The standard InChI is InChI=1S/C21H18N6O3/c28-19(24-15-4-2-13(3-5-15)12-26-9-1-8-23-26)14-10-17-18(22-11-14)27(16-6-7-16)21(30)25-20(17)29/h1-5,8-11,16H,6-7,12H2,(H,24,28)(H,25,29,30). The Morgan fingerprint density at radius 1 is 1.20 bits per heavy atom. The molecule has 3 heterocycles. The Hall–Kier alpha value is -4.01. The van der Waals surface area contributed by atoms with Crippen molar-refractivity contribution in [3.8, 4) is 0 Å². The maximum Gasteiger partial charge on any atom is 0.330 e. The summed E-state index contributed by atoms with van der Waals surface area (Å²) in [6, 6.07) is 10.8. The summed E-state index contributed by atoms with van der Waals surface area (Å²) in [4.78, 5) is 43.6. The summed E-state index contributed by atoms with van der Waals surface area (Å²) in [7, 11) is 0. The van der Waals surface area contributed by atoms with Gasteiger partial charge in [0.05, 0.1) is 17.5 Å². The lowest BCUT2D eigenvalue weighted by atomic mass is 10.2. The summed E-state index contributed by atoms with van der Waals surface area (Å²) < 4.78 is 3.31. The van der Waals surface area contributed by atoms with Gasteiger partial charge in [0.1, 0.15) is 5.65 Å². The maximum absolute atomic E-state index is 12.7. The topological polar surface area (TPSA) is 115 Å². The molecule has 4 aromatic rings. The molecule has 5 rings (SSSR count). The predicted molar refractivity (Wildman–Crippen MR) is 111 cm³/mol. The maximum atomic E-state index is 12.7. The SMILES string of the molecule is O=C(Nc1ccc(Cn2cccn2)cc1)c1cnc2c(c1)c(=O)[nH]c(=O)n2C1CC1. The van der Waals surface area contributed by atoms with E-state index in [1.807, 2.05) is 41.2 Å². The number of pyridine rings is 1. The van der Waals surface area contributed by atoms with Crippen LogP contribution in [0.5, 0.6) is 0 Å². The Morgan fingerprint density at radius 2 is 2.00 bits per heavy atom. The van der Waals surface area contributed by atoms with Crippen molar-refractivity contribution in [3.05, 3.63) is 87.0 Å². The highest BCUT2D eigenvalue weighted by Gasteiger charge is 2.27. The van der Waals surface area contributed by atoms with Crippen molar-refractivity contribution in [3.63, 3.8) is 0 Å². The number of rotatable bonds is 5. The van der Waals surface area contributed by atoms with Crippen molar-refractivity contribution >= 4 is 22.6 Å². The van der Waals surface area contributed by atoms with E-state index in [0.29, 0.717) is 17.9 Å². The first-order valence-electron chi connectivity index (χ1n) is 9.61. The molecule has 9 nitrogen and oxygen atoms in total. The molecule has 30 heavy (non-hydrogen) atoms. The molecule has 0 unspecified atom stereocenters. The molecular weight excluding hydrogens is 384 g/mol. The molecule has 1 amide bonds. The molecule has 2 N–H and O–H groups in total. The minimum absolute atomic E-state index is 0.0595. The van der Waals surface area contributed by atoms with Crippen LogP contribution >= 0.6 is 0 Å². The number of aromatic nitrogens is 5. The van der Waals surface area contributed by atoms with E-state index in [4.69, 9.17) is 0 Å². The fraction of sp³-hybridized carbons (Fsp3) is 0.190. The summed E-state index contributed by atoms with van der Waals surface area (Å²) in [5.41, 5.74) is 1.22. The number of amides is 1. The van der Waals surface area contributed by atoms with E-state index in [2.05, 4.69) is 20.4 Å². The van der Waals surface area contributed by atoms with Gasteiger partial charge >= 0.3 is 5.69 Å². The van der Waals surface area contributed by atoms with Crippen LogP contribution in [0.3, 0.4) is 0 Å². The van der Waals surface area contributed by atoms with Crippen LogP contribution in [-0.4, -0.2) is 30.2 Å². The first-order chi connectivity index (χ1) is 14.6. The van der Waals surface area contributed by atoms with E-state index in [1.165, 1.54) is 16.8 Å². The van der Waals surface area contributed by atoms with E-state index in [0.717, 1.165) is 18.4 Å². The van der Waals surface area contributed by atoms with Gasteiger partial charge in [-0.3, -0.25) is 23.8 Å². The molecule has 0 saturated heterocycles. The van der Waals surface area contributed by atoms with Gasteiger partial charge in [0, 0.05) is 30.3 Å². The van der Waals surface area contributed by atoms with E-state index < -0.39 is 11.2 Å². The van der Waals surface area contributed by atoms with Crippen molar-refractivity contribution in [2.24, 2.45) is 0 Å². The smallest absolute Gasteiger partial charge is 0.322 e. The van der Waals surface area contributed by atoms with Gasteiger partial charge in [-0.2, -0.15) is 5.10 Å². The van der Waals surface area contributed by atoms with Gasteiger partial charge in [0.2, 0.25) is 0 Å². The molecule has 3 aromatic heterocycles. The molecule has 1 aromatic carbocycles. The monoisotopic (exact) mass is 402 g/mol. The van der Waals surface area contributed by atoms with Crippen LogP contribution in [0.2, 0.25) is 0 Å². The average molecular weight is 402 g/mol. The number of aromatic amines is 1. The van der Waals surface area contributed by atoms with Crippen LogP contribution in [0.4, 0.5) is 5.69 Å². The molecule has 1 aliphatic carbocycles. The Balaban J connectivity index is 1.38. The molecule has 0 bridgehead atoms. The first kappa shape index (κ1) is 18.0. The fourth-order valence-corrected chi connectivity index (χ4v) is 3.41. The Kier molecular flexibility index (Phi) is 4.27. The fourth-order valence-electron chi connectivity index (χ4n) is 3.41. The number of nitrogens with one attached hydrogen (secondary N) is 2. The number of carbonyl (C=O) groups is 1. The van der Waals surface area contributed by atoms with E-state index >= 15 is 0 Å². The van der Waals surface area contributed by atoms with Crippen molar-refractivity contribution in [2.75, 3.05) is 5.32 Å². The van der Waals surface area contributed by atoms with E-state index in [9.17, 15) is 14.4 Å². The highest BCUT2D eigenvalue weighted by atomic mass is 16.2. The van der Waals surface area contributed by atoms with Crippen molar-refractivity contribution in [1.82, 2.24) is 24.3 Å². The quantitative estimate of drug-likeness (QED) is 0.529. The highest BCUT2D eigenvalue weighted by Crippen LogP contribution is 2.34. The summed E-state index contributed by atoms with van der Waals surface area (Å²) in [6.07, 6.45) is 6.75. The molecule has 150 valence electrons. The number of fused-ring (bicyclic) bond motifs is 1. The summed E-state index contributed by atoms with van der Waals surface area (Å²) in [5, 5.41) is 7.20. The summed E-state index contributed by atoms with van der Waals surface area (Å²) >= 11 is 0. The van der Waals surface area contributed by atoms with Gasteiger partial charge in [-0.1, -0.05) is 12.1 Å². The Labute approximate surface area is 170 Å². The minimum Gasteiger partial charge on any atom is -0.322 e. The second kappa shape index (κ2) is 7.11. The number of nitrogens with zero attached hydrogens (tertiary/aromatic N) is 4. The molecule has 1 saturated carbocycles. The van der Waals surface area contributed by atoms with Gasteiger partial charge in [0.15, 0.2) is 0 Å². The van der Waals surface area contributed by atoms with Gasteiger partial charge in [-0.05, 0) is 42.7 Å². The molecule has 0 aliphatic heterocycles. The molecular formula is C21H18N6O3. The van der Waals surface area contributed by atoms with Crippen LogP contribution in [0.1, 0.15) is 34.8 Å². The van der Waals surface area contributed by atoms with Crippen LogP contribution in [0, 0.1) is 0 Å². The third kappa shape index (κ3) is 3.41. The number of hydrogen-bond acceptors (Lipinski definition) is 5. The lowest BCUT2D eigenvalue weighted by Crippen LogP contribution is -2.30. The third-order valence-electron chi connectivity index (χ3n) is 5.07. The van der Waals surface area contributed by atoms with Gasteiger partial charge in [0.25, 0.3) is 11.5 Å². The zero-order valence-corrected chi connectivity index (χ0v) is 15.9. The Morgan fingerprint density at radius 3 is 2.70 bits per heavy atom. The Bertz CT molecular complexity index is 1350. The third-order valence-corrected chi connectivity index (χ3v) is 5.07. The largest absolute Gasteiger partial charge is 0.330 e. The van der Waals surface area contributed by atoms with Gasteiger partial charge in [-0.15, -0.1) is 0 Å². The zero-order chi connectivity index (χ0) is 20.7. The number of carbonyl (C=O) groups excluding carboxylic acids is 1. The molecule has 1 fully saturated rings. The zero-order valence-electron chi connectivity index (χ0n) is 15.9. The summed E-state index contributed by atoms with van der Waals surface area (Å²) in [6.45, 7) is 0.640.